The van der Waals surface area contributed by atoms with Gasteiger partial charge in [-0.2, -0.15) is 0 Å². The van der Waals surface area contributed by atoms with Crippen molar-refractivity contribution in [1.29, 1.82) is 0 Å². The minimum atomic E-state index is -0.131. The first-order valence-electron chi connectivity index (χ1n) is 7.52. The average molecular weight is 282 g/mol. The van der Waals surface area contributed by atoms with Crippen molar-refractivity contribution in [2.45, 2.75) is 39.2 Å². The molecule has 110 valence electrons. The zero-order chi connectivity index (χ0) is 15.1. The lowest BCUT2D eigenvalue weighted by atomic mass is 9.97. The Hall–Kier alpha value is -2.16. The Morgan fingerprint density at radius 1 is 1.19 bits per heavy atom. The van der Waals surface area contributed by atoms with Gasteiger partial charge in [-0.25, -0.2) is 0 Å². The second-order valence-electron chi connectivity index (χ2n) is 5.21. The third kappa shape index (κ3) is 4.15. The van der Waals surface area contributed by atoms with Crippen LogP contribution in [-0.2, 0) is 6.42 Å². The first kappa shape index (κ1) is 15.2. The number of carbonyl (C=O) groups is 1. The number of hydrogen-bond donors (Lipinski definition) is 1. The zero-order valence-corrected chi connectivity index (χ0v) is 12.7. The quantitative estimate of drug-likeness (QED) is 0.872. The molecule has 1 N–H and O–H groups in total. The Kier molecular flexibility index (Phi) is 5.50. The van der Waals surface area contributed by atoms with Gasteiger partial charge in [0.15, 0.2) is 0 Å². The minimum absolute atomic E-state index is 0.0208. The summed E-state index contributed by atoms with van der Waals surface area (Å²) < 4.78 is 0. The monoisotopic (exact) mass is 282 g/mol. The lowest BCUT2D eigenvalue weighted by molar-refractivity contribution is 0.0934. The second-order valence-corrected chi connectivity index (χ2v) is 5.21. The van der Waals surface area contributed by atoms with E-state index >= 15 is 0 Å². The summed E-state index contributed by atoms with van der Waals surface area (Å²) in [6, 6.07) is 13.7. The second kappa shape index (κ2) is 7.58. The Bertz CT molecular complexity index is 581. The van der Waals surface area contributed by atoms with Crippen LogP contribution in [0.15, 0.2) is 48.7 Å². The smallest absolute Gasteiger partial charge is 0.270 e. The standard InChI is InChI=1S/C18H22N2O/c1-3-4-9-15-10-5-6-11-16(15)14(2)20-18(21)17-12-7-8-13-19-17/h5-8,10-14H,3-4,9H2,1-2H3,(H,20,21). The number of benzene rings is 1. The lowest BCUT2D eigenvalue weighted by Crippen LogP contribution is -2.28. The van der Waals surface area contributed by atoms with Gasteiger partial charge in [0, 0.05) is 6.20 Å². The Morgan fingerprint density at radius 3 is 2.67 bits per heavy atom. The fourth-order valence-corrected chi connectivity index (χ4v) is 2.40. The molecule has 0 aliphatic rings. The van der Waals surface area contributed by atoms with Gasteiger partial charge in [-0.15, -0.1) is 0 Å². The van der Waals surface area contributed by atoms with E-state index in [-0.39, 0.29) is 11.9 Å². The highest BCUT2D eigenvalue weighted by Crippen LogP contribution is 2.20. The number of nitrogens with zero attached hydrogens (tertiary/aromatic N) is 1. The average Bonchev–Trinajstić information content (AvgIpc) is 2.54. The van der Waals surface area contributed by atoms with Crippen LogP contribution in [-0.4, -0.2) is 10.9 Å². The topological polar surface area (TPSA) is 42.0 Å². The van der Waals surface area contributed by atoms with Gasteiger partial charge in [-0.3, -0.25) is 9.78 Å². The van der Waals surface area contributed by atoms with Gasteiger partial charge in [0.1, 0.15) is 5.69 Å². The van der Waals surface area contributed by atoms with Crippen molar-refractivity contribution < 1.29 is 4.79 Å². The summed E-state index contributed by atoms with van der Waals surface area (Å²) >= 11 is 0. The summed E-state index contributed by atoms with van der Waals surface area (Å²) in [7, 11) is 0. The molecular weight excluding hydrogens is 260 g/mol. The van der Waals surface area contributed by atoms with E-state index in [9.17, 15) is 4.79 Å². The van der Waals surface area contributed by atoms with Crippen molar-refractivity contribution in [2.24, 2.45) is 0 Å². The first-order chi connectivity index (χ1) is 10.2. The maximum absolute atomic E-state index is 12.2. The summed E-state index contributed by atoms with van der Waals surface area (Å²) in [6.07, 6.45) is 5.02. The molecule has 1 unspecified atom stereocenters. The van der Waals surface area contributed by atoms with Gasteiger partial charge in [-0.1, -0.05) is 43.7 Å². The highest BCUT2D eigenvalue weighted by atomic mass is 16.1. The number of rotatable bonds is 6. The third-order valence-corrected chi connectivity index (χ3v) is 3.57. The fraction of sp³-hybridized carbons (Fsp3) is 0.333. The van der Waals surface area contributed by atoms with Crippen molar-refractivity contribution in [3.8, 4) is 0 Å². The molecule has 0 bridgehead atoms. The van der Waals surface area contributed by atoms with E-state index in [2.05, 4.69) is 35.4 Å². The highest BCUT2D eigenvalue weighted by molar-refractivity contribution is 5.92. The highest BCUT2D eigenvalue weighted by Gasteiger charge is 2.14. The SMILES string of the molecule is CCCCc1ccccc1C(C)NC(=O)c1ccccn1. The molecule has 2 rings (SSSR count). The number of hydrogen-bond acceptors (Lipinski definition) is 2. The van der Waals surface area contributed by atoms with Crippen LogP contribution in [0.1, 0.15) is 54.3 Å². The van der Waals surface area contributed by atoms with Gasteiger partial charge in [0.05, 0.1) is 6.04 Å². The Labute approximate surface area is 126 Å². The van der Waals surface area contributed by atoms with Crippen LogP contribution in [0.2, 0.25) is 0 Å². The van der Waals surface area contributed by atoms with E-state index in [1.165, 1.54) is 17.5 Å². The molecule has 0 saturated carbocycles. The van der Waals surface area contributed by atoms with Crippen molar-refractivity contribution in [2.75, 3.05) is 0 Å². The third-order valence-electron chi connectivity index (χ3n) is 3.57. The van der Waals surface area contributed by atoms with Crippen molar-refractivity contribution >= 4 is 5.91 Å². The molecule has 1 amide bonds. The lowest BCUT2D eigenvalue weighted by Gasteiger charge is -2.18. The van der Waals surface area contributed by atoms with E-state index in [1.54, 1.807) is 18.3 Å². The van der Waals surface area contributed by atoms with E-state index in [1.807, 2.05) is 19.1 Å². The molecule has 3 nitrogen and oxygen atoms in total. The van der Waals surface area contributed by atoms with Crippen LogP contribution in [0, 0.1) is 0 Å². The van der Waals surface area contributed by atoms with Gasteiger partial charge in [0.2, 0.25) is 0 Å². The van der Waals surface area contributed by atoms with Gasteiger partial charge >= 0.3 is 0 Å². The van der Waals surface area contributed by atoms with Crippen LogP contribution in [0.3, 0.4) is 0 Å². The van der Waals surface area contributed by atoms with Gasteiger partial charge in [0.25, 0.3) is 5.91 Å². The molecule has 0 spiro atoms. The molecule has 21 heavy (non-hydrogen) atoms. The molecule has 0 fully saturated rings. The predicted molar refractivity (Wildman–Crippen MR) is 85.2 cm³/mol. The van der Waals surface area contributed by atoms with Crippen LogP contribution in [0.4, 0.5) is 0 Å². The largest absolute Gasteiger partial charge is 0.344 e. The molecule has 0 saturated heterocycles. The van der Waals surface area contributed by atoms with Gasteiger partial charge in [-0.05, 0) is 43.0 Å². The van der Waals surface area contributed by atoms with Crippen molar-refractivity contribution in [3.63, 3.8) is 0 Å². The van der Waals surface area contributed by atoms with Gasteiger partial charge < -0.3 is 5.32 Å². The molecule has 1 heterocycles. The molecule has 1 atom stereocenters. The Balaban J connectivity index is 2.10. The van der Waals surface area contributed by atoms with Crippen molar-refractivity contribution in [3.05, 3.63) is 65.5 Å². The molecule has 0 aliphatic heterocycles. The molecule has 3 heteroatoms. The summed E-state index contributed by atoms with van der Waals surface area (Å²) in [5, 5.41) is 3.03. The maximum atomic E-state index is 12.2. The van der Waals surface area contributed by atoms with Crippen LogP contribution in [0.25, 0.3) is 0 Å². The summed E-state index contributed by atoms with van der Waals surface area (Å²) in [5.41, 5.74) is 2.96. The zero-order valence-electron chi connectivity index (χ0n) is 12.7. The molecule has 2 aromatic rings. The van der Waals surface area contributed by atoms with E-state index in [0.717, 1.165) is 12.8 Å². The minimum Gasteiger partial charge on any atom is -0.344 e. The number of unbranched alkanes of at least 4 members (excludes halogenated alkanes) is 1. The van der Waals surface area contributed by atoms with Crippen LogP contribution in [0.5, 0.6) is 0 Å². The number of aryl methyl sites for hydroxylation is 1. The van der Waals surface area contributed by atoms with Crippen molar-refractivity contribution in [1.82, 2.24) is 10.3 Å². The molecular formula is C18H22N2O. The molecule has 0 radical (unpaired) electrons. The fourth-order valence-electron chi connectivity index (χ4n) is 2.40. The number of carbonyl (C=O) groups excluding carboxylic acids is 1. The summed E-state index contributed by atoms with van der Waals surface area (Å²) in [4.78, 5) is 16.3. The number of aromatic nitrogens is 1. The van der Waals surface area contributed by atoms with Crippen LogP contribution >= 0.6 is 0 Å². The summed E-state index contributed by atoms with van der Waals surface area (Å²) in [5.74, 6) is -0.131. The Morgan fingerprint density at radius 2 is 1.95 bits per heavy atom. The normalized spacial score (nSPS) is 11.9. The summed E-state index contributed by atoms with van der Waals surface area (Å²) in [6.45, 7) is 4.21. The van der Waals surface area contributed by atoms with E-state index < -0.39 is 0 Å². The van der Waals surface area contributed by atoms with Crippen LogP contribution < -0.4 is 5.32 Å². The first-order valence-corrected chi connectivity index (χ1v) is 7.52. The maximum Gasteiger partial charge on any atom is 0.270 e. The number of nitrogens with one attached hydrogen (secondary N) is 1. The van der Waals surface area contributed by atoms with E-state index in [4.69, 9.17) is 0 Å². The molecule has 1 aromatic carbocycles. The molecule has 0 aliphatic carbocycles. The molecule has 1 aromatic heterocycles. The number of amides is 1. The van der Waals surface area contributed by atoms with E-state index in [0.29, 0.717) is 5.69 Å². The number of pyridine rings is 1. The predicted octanol–water partition coefficient (Wildman–Crippen LogP) is 3.92.